The number of hydrogen-bond donors (Lipinski definition) is 2. The molecule has 1 spiro atoms. The lowest BCUT2D eigenvalue weighted by Gasteiger charge is -2.40. The lowest BCUT2D eigenvalue weighted by Crippen LogP contribution is -2.59. The van der Waals surface area contributed by atoms with Crippen molar-refractivity contribution < 1.29 is 29.3 Å². The van der Waals surface area contributed by atoms with E-state index < -0.39 is 47.5 Å². The highest BCUT2D eigenvalue weighted by Gasteiger charge is 2.77. The molecule has 3 heterocycles. The van der Waals surface area contributed by atoms with Gasteiger partial charge >= 0.3 is 5.97 Å². The summed E-state index contributed by atoms with van der Waals surface area (Å²) in [6, 6.07) is 7.82. The first-order chi connectivity index (χ1) is 16.2. The Morgan fingerprint density at radius 2 is 2.03 bits per heavy atom. The number of carboxylic acids is 1. The molecular weight excluding hydrogens is 504 g/mol. The fraction of sp³-hybridized carbons (Fsp3) is 0.560. The van der Waals surface area contributed by atoms with Gasteiger partial charge in [-0.3, -0.25) is 14.4 Å². The number of carboxylic acid groups (broad SMARTS) is 1. The van der Waals surface area contributed by atoms with Crippen molar-refractivity contribution in [3.05, 3.63) is 48.6 Å². The average molecular weight is 535 g/mol. The summed E-state index contributed by atoms with van der Waals surface area (Å²) in [5, 5.41) is 20.2. The summed E-state index contributed by atoms with van der Waals surface area (Å²) in [6.07, 6.45) is 1.27. The molecule has 3 aliphatic heterocycles. The Labute approximate surface area is 207 Å². The predicted octanol–water partition coefficient (Wildman–Crippen LogP) is 2.05. The molecular formula is C25H31BrN2O6. The van der Waals surface area contributed by atoms with Gasteiger partial charge in [0.1, 0.15) is 11.6 Å². The Morgan fingerprint density at radius 3 is 2.59 bits per heavy atom. The molecule has 3 unspecified atom stereocenters. The fourth-order valence-electron chi connectivity index (χ4n) is 5.97. The minimum absolute atomic E-state index is 0.151. The van der Waals surface area contributed by atoms with Gasteiger partial charge in [0.25, 0.3) is 0 Å². The van der Waals surface area contributed by atoms with E-state index in [-0.39, 0.29) is 29.8 Å². The van der Waals surface area contributed by atoms with Crippen LogP contribution in [0.5, 0.6) is 0 Å². The summed E-state index contributed by atoms with van der Waals surface area (Å²) < 4.78 is 6.31. The second kappa shape index (κ2) is 9.43. The van der Waals surface area contributed by atoms with Crippen LogP contribution in [-0.2, 0) is 25.7 Å². The van der Waals surface area contributed by atoms with Crippen LogP contribution in [0.1, 0.15) is 25.8 Å². The van der Waals surface area contributed by atoms with Gasteiger partial charge in [-0.15, -0.1) is 6.58 Å². The zero-order valence-electron chi connectivity index (χ0n) is 19.3. The number of amides is 2. The van der Waals surface area contributed by atoms with Crippen molar-refractivity contribution in [3.63, 3.8) is 0 Å². The molecule has 0 aliphatic carbocycles. The third-order valence-corrected chi connectivity index (χ3v) is 8.28. The van der Waals surface area contributed by atoms with Crippen molar-refractivity contribution in [2.75, 3.05) is 13.2 Å². The molecule has 2 bridgehead atoms. The highest BCUT2D eigenvalue weighted by atomic mass is 79.9. The lowest BCUT2D eigenvalue weighted by atomic mass is 9.70. The predicted molar refractivity (Wildman–Crippen MR) is 128 cm³/mol. The Kier molecular flexibility index (Phi) is 6.90. The molecule has 1 aromatic carbocycles. The minimum Gasteiger partial charge on any atom is -0.481 e. The van der Waals surface area contributed by atoms with E-state index >= 15 is 0 Å². The maximum Gasteiger partial charge on any atom is 0.310 e. The van der Waals surface area contributed by atoms with Crippen molar-refractivity contribution in [1.82, 2.24) is 9.80 Å². The van der Waals surface area contributed by atoms with E-state index in [2.05, 4.69) is 22.5 Å². The zero-order chi connectivity index (χ0) is 24.8. The van der Waals surface area contributed by atoms with Crippen molar-refractivity contribution in [2.24, 2.45) is 17.8 Å². The van der Waals surface area contributed by atoms with Crippen molar-refractivity contribution in [3.8, 4) is 0 Å². The van der Waals surface area contributed by atoms with Crippen LogP contribution in [-0.4, -0.2) is 79.6 Å². The number of nitrogens with zero attached hydrogens (tertiary/aromatic N) is 2. The summed E-state index contributed by atoms with van der Waals surface area (Å²) in [5.41, 5.74) is -0.349. The molecule has 2 N–H and O–H groups in total. The summed E-state index contributed by atoms with van der Waals surface area (Å²) in [5.74, 6) is -4.06. The van der Waals surface area contributed by atoms with E-state index in [9.17, 15) is 24.6 Å². The summed E-state index contributed by atoms with van der Waals surface area (Å²) >= 11 is 3.55. The lowest BCUT2D eigenvalue weighted by molar-refractivity contribution is -0.154. The van der Waals surface area contributed by atoms with Crippen molar-refractivity contribution in [2.45, 2.75) is 55.4 Å². The molecule has 8 nitrogen and oxygen atoms in total. The highest BCUT2D eigenvalue weighted by molar-refractivity contribution is 9.09. The van der Waals surface area contributed by atoms with Crippen molar-refractivity contribution >= 4 is 33.7 Å². The number of hydrogen-bond acceptors (Lipinski definition) is 5. The maximum atomic E-state index is 14.2. The number of halogens is 1. The molecule has 3 fully saturated rings. The number of benzene rings is 1. The number of carbonyl (C=O) groups is 3. The first-order valence-electron chi connectivity index (χ1n) is 11.6. The van der Waals surface area contributed by atoms with E-state index in [1.165, 1.54) is 4.90 Å². The molecule has 0 radical (unpaired) electrons. The first-order valence-corrected chi connectivity index (χ1v) is 12.5. The smallest absolute Gasteiger partial charge is 0.310 e. The third-order valence-electron chi connectivity index (χ3n) is 7.44. The van der Waals surface area contributed by atoms with E-state index in [0.717, 1.165) is 5.56 Å². The summed E-state index contributed by atoms with van der Waals surface area (Å²) in [4.78, 5) is 43.0. The number of aliphatic hydroxyl groups is 1. The van der Waals surface area contributed by atoms with Crippen LogP contribution in [0, 0.1) is 17.8 Å². The van der Waals surface area contributed by atoms with Crippen LogP contribution in [0.15, 0.2) is 43.0 Å². The molecule has 4 rings (SSSR count). The molecule has 7 atom stereocenters. The van der Waals surface area contributed by atoms with Gasteiger partial charge in [-0.1, -0.05) is 66.2 Å². The van der Waals surface area contributed by atoms with E-state index in [4.69, 9.17) is 4.74 Å². The molecule has 3 saturated heterocycles. The number of fused-ring (bicyclic) bond motifs is 1. The van der Waals surface area contributed by atoms with E-state index in [0.29, 0.717) is 13.0 Å². The first kappa shape index (κ1) is 24.9. The Morgan fingerprint density at radius 1 is 1.35 bits per heavy atom. The quantitative estimate of drug-likeness (QED) is 0.371. The van der Waals surface area contributed by atoms with E-state index in [1.54, 1.807) is 11.0 Å². The highest BCUT2D eigenvalue weighted by Crippen LogP contribution is 2.60. The summed E-state index contributed by atoms with van der Waals surface area (Å²) in [7, 11) is 0. The molecule has 2 amide bonds. The number of alkyl halides is 1. The van der Waals surface area contributed by atoms with Gasteiger partial charge in [0, 0.05) is 17.9 Å². The summed E-state index contributed by atoms with van der Waals surface area (Å²) in [6.45, 7) is 7.75. The van der Waals surface area contributed by atoms with Crippen LogP contribution in [0.4, 0.5) is 0 Å². The monoisotopic (exact) mass is 534 g/mol. The number of carbonyl (C=O) groups excluding carboxylic acids is 2. The fourth-order valence-corrected chi connectivity index (χ4v) is 6.91. The van der Waals surface area contributed by atoms with Crippen LogP contribution in [0.25, 0.3) is 0 Å². The number of aliphatic hydroxyl groups excluding tert-OH is 1. The molecule has 184 valence electrons. The van der Waals surface area contributed by atoms with Crippen LogP contribution in [0.3, 0.4) is 0 Å². The molecule has 0 saturated carbocycles. The van der Waals surface area contributed by atoms with Gasteiger partial charge < -0.3 is 24.7 Å². The van der Waals surface area contributed by atoms with Gasteiger partial charge in [0.05, 0.1) is 30.6 Å². The molecule has 9 heteroatoms. The molecule has 34 heavy (non-hydrogen) atoms. The number of likely N-dealkylation sites (tertiary alicyclic amines) is 1. The third kappa shape index (κ3) is 3.78. The van der Waals surface area contributed by atoms with Crippen LogP contribution < -0.4 is 0 Å². The van der Waals surface area contributed by atoms with Crippen molar-refractivity contribution in [1.29, 1.82) is 0 Å². The van der Waals surface area contributed by atoms with Gasteiger partial charge in [-0.2, -0.15) is 0 Å². The van der Waals surface area contributed by atoms with Gasteiger partial charge in [-0.05, 0) is 17.9 Å². The normalized spacial score (nSPS) is 32.7. The number of ether oxygens (including phenoxy) is 1. The zero-order valence-corrected chi connectivity index (χ0v) is 20.9. The van der Waals surface area contributed by atoms with E-state index in [1.807, 2.05) is 44.2 Å². The van der Waals surface area contributed by atoms with Gasteiger partial charge in [-0.25, -0.2) is 0 Å². The Hall–Kier alpha value is -2.23. The Bertz CT molecular complexity index is 971. The second-order valence-electron chi connectivity index (χ2n) is 9.73. The van der Waals surface area contributed by atoms with Crippen LogP contribution >= 0.6 is 15.9 Å². The average Bonchev–Trinajstić information content (AvgIpc) is 3.38. The van der Waals surface area contributed by atoms with Gasteiger partial charge in [0.2, 0.25) is 11.8 Å². The molecule has 0 aromatic heterocycles. The SMILES string of the molecule is C=CCN(Cc1ccccc1)C(=O)C1N([C@@H](CO)C(C)C)C(=O)[C@@H]2[C@@H](C(=O)O)[C@@H]3OC12CC3Br. The topological polar surface area (TPSA) is 107 Å². The Balaban J connectivity index is 1.80. The minimum atomic E-state index is -1.27. The molecule has 3 aliphatic rings. The van der Waals surface area contributed by atoms with Gasteiger partial charge in [0.15, 0.2) is 0 Å². The second-order valence-corrected chi connectivity index (χ2v) is 10.9. The van der Waals surface area contributed by atoms with Crippen LogP contribution in [0.2, 0.25) is 0 Å². The largest absolute Gasteiger partial charge is 0.481 e. The standard InChI is InChI=1S/C25H31BrN2O6/c1-4-10-27(12-15-8-6-5-7-9-15)23(31)21-25-11-16(26)20(34-25)18(24(32)33)19(25)22(30)28(21)17(13-29)14(2)3/h4-9,14,16-21,29H,1,10-13H2,2-3H3,(H,32,33)/t16?,17-,18+,19-,20+,21?,25?/m0/s1. The maximum absolute atomic E-state index is 14.2. The number of rotatable bonds is 9. The number of aliphatic carboxylic acids is 1. The molecule has 1 aromatic rings.